The molecule has 4 atom stereocenters. The lowest BCUT2D eigenvalue weighted by molar-refractivity contribution is -0.104. The van der Waals surface area contributed by atoms with Gasteiger partial charge in [-0.1, -0.05) is 18.2 Å². The number of rotatable bonds is 2. The molecule has 0 amide bonds. The summed E-state index contributed by atoms with van der Waals surface area (Å²) in [5.41, 5.74) is 7.18. The van der Waals surface area contributed by atoms with Crippen molar-refractivity contribution in [3.63, 3.8) is 0 Å². The fourth-order valence-corrected chi connectivity index (χ4v) is 3.32. The highest BCUT2D eigenvalue weighted by molar-refractivity contribution is 5.78. The Bertz CT molecular complexity index is 632. The third-order valence-electron chi connectivity index (χ3n) is 4.46. The molecule has 1 saturated heterocycles. The second kappa shape index (κ2) is 4.68. The fraction of sp³-hybridized carbons (Fsp3) is 0.467. The SMILES string of the molecule is NC1C2CCCOC2C1Nc1ncc2ccccc2n1. The van der Waals surface area contributed by atoms with E-state index in [-0.39, 0.29) is 18.2 Å². The zero-order chi connectivity index (χ0) is 13.5. The van der Waals surface area contributed by atoms with Crippen LogP contribution >= 0.6 is 0 Å². The summed E-state index contributed by atoms with van der Waals surface area (Å²) in [6.45, 7) is 0.838. The summed E-state index contributed by atoms with van der Waals surface area (Å²) in [5, 5.41) is 4.39. The smallest absolute Gasteiger partial charge is 0.223 e. The third kappa shape index (κ3) is 1.85. The molecule has 104 valence electrons. The number of para-hydroxylation sites is 1. The third-order valence-corrected chi connectivity index (χ3v) is 4.46. The first kappa shape index (κ1) is 12.1. The maximum absolute atomic E-state index is 6.24. The van der Waals surface area contributed by atoms with Crippen molar-refractivity contribution >= 4 is 16.9 Å². The Morgan fingerprint density at radius 1 is 1.30 bits per heavy atom. The molecule has 0 spiro atoms. The van der Waals surface area contributed by atoms with Crippen LogP contribution in [0.1, 0.15) is 12.8 Å². The molecule has 2 heterocycles. The van der Waals surface area contributed by atoms with E-state index >= 15 is 0 Å². The van der Waals surface area contributed by atoms with Crippen molar-refractivity contribution in [1.29, 1.82) is 0 Å². The van der Waals surface area contributed by atoms with Crippen LogP contribution in [0.4, 0.5) is 5.95 Å². The van der Waals surface area contributed by atoms with Crippen LogP contribution in [-0.4, -0.2) is 34.8 Å². The monoisotopic (exact) mass is 270 g/mol. The van der Waals surface area contributed by atoms with E-state index in [1.807, 2.05) is 30.5 Å². The first-order valence-corrected chi connectivity index (χ1v) is 7.18. The number of anilines is 1. The molecule has 5 heteroatoms. The minimum atomic E-state index is 0.126. The Morgan fingerprint density at radius 2 is 2.20 bits per heavy atom. The van der Waals surface area contributed by atoms with Crippen LogP contribution in [0.2, 0.25) is 0 Å². The minimum Gasteiger partial charge on any atom is -0.376 e. The maximum Gasteiger partial charge on any atom is 0.223 e. The number of fused-ring (bicyclic) bond motifs is 2. The second-order valence-electron chi connectivity index (χ2n) is 5.64. The zero-order valence-electron chi connectivity index (χ0n) is 11.2. The number of nitrogens with one attached hydrogen (secondary N) is 1. The molecule has 2 fully saturated rings. The van der Waals surface area contributed by atoms with Crippen molar-refractivity contribution in [3.8, 4) is 0 Å². The van der Waals surface area contributed by atoms with Gasteiger partial charge in [0.05, 0.1) is 17.7 Å². The molecule has 4 rings (SSSR count). The molecule has 5 nitrogen and oxygen atoms in total. The van der Waals surface area contributed by atoms with Gasteiger partial charge in [-0.3, -0.25) is 0 Å². The van der Waals surface area contributed by atoms with Gasteiger partial charge in [-0.05, 0) is 18.9 Å². The van der Waals surface area contributed by atoms with Gasteiger partial charge in [-0.15, -0.1) is 0 Å². The number of nitrogens with zero attached hydrogens (tertiary/aromatic N) is 2. The Hall–Kier alpha value is -1.72. The van der Waals surface area contributed by atoms with Crippen molar-refractivity contribution in [2.24, 2.45) is 11.7 Å². The van der Waals surface area contributed by atoms with Gasteiger partial charge in [-0.2, -0.15) is 0 Å². The molecule has 2 aromatic rings. The van der Waals surface area contributed by atoms with Crippen LogP contribution < -0.4 is 11.1 Å². The molecule has 0 radical (unpaired) electrons. The van der Waals surface area contributed by atoms with E-state index in [2.05, 4.69) is 15.3 Å². The van der Waals surface area contributed by atoms with Crippen LogP contribution in [-0.2, 0) is 4.74 Å². The van der Waals surface area contributed by atoms with Crippen molar-refractivity contribution < 1.29 is 4.74 Å². The van der Waals surface area contributed by atoms with Gasteiger partial charge in [0.15, 0.2) is 0 Å². The van der Waals surface area contributed by atoms with Crippen LogP contribution in [0.5, 0.6) is 0 Å². The van der Waals surface area contributed by atoms with Crippen LogP contribution in [0.25, 0.3) is 10.9 Å². The summed E-state index contributed by atoms with van der Waals surface area (Å²) < 4.78 is 5.82. The van der Waals surface area contributed by atoms with Crippen molar-refractivity contribution in [3.05, 3.63) is 30.5 Å². The zero-order valence-corrected chi connectivity index (χ0v) is 11.2. The summed E-state index contributed by atoms with van der Waals surface area (Å²) >= 11 is 0. The fourth-order valence-electron chi connectivity index (χ4n) is 3.32. The van der Waals surface area contributed by atoms with E-state index in [1.165, 1.54) is 6.42 Å². The second-order valence-corrected chi connectivity index (χ2v) is 5.64. The van der Waals surface area contributed by atoms with Crippen LogP contribution in [0.15, 0.2) is 30.5 Å². The molecule has 3 N–H and O–H groups in total. The summed E-state index contributed by atoms with van der Waals surface area (Å²) in [7, 11) is 0. The minimum absolute atomic E-state index is 0.126. The maximum atomic E-state index is 6.24. The molecule has 4 unspecified atom stereocenters. The number of hydrogen-bond acceptors (Lipinski definition) is 5. The van der Waals surface area contributed by atoms with Gasteiger partial charge in [0, 0.05) is 30.1 Å². The predicted octanol–water partition coefficient (Wildman–Crippen LogP) is 1.55. The van der Waals surface area contributed by atoms with Crippen LogP contribution in [0.3, 0.4) is 0 Å². The average Bonchev–Trinajstić information content (AvgIpc) is 2.52. The molecular formula is C15H18N4O. The number of benzene rings is 1. The highest BCUT2D eigenvalue weighted by atomic mass is 16.5. The lowest BCUT2D eigenvalue weighted by atomic mass is 9.69. The van der Waals surface area contributed by atoms with E-state index in [1.54, 1.807) is 0 Å². The van der Waals surface area contributed by atoms with Crippen molar-refractivity contribution in [1.82, 2.24) is 9.97 Å². The van der Waals surface area contributed by atoms with Gasteiger partial charge in [0.2, 0.25) is 5.95 Å². The molecule has 20 heavy (non-hydrogen) atoms. The lowest BCUT2D eigenvalue weighted by Gasteiger charge is -2.52. The normalized spacial score (nSPS) is 32.5. The van der Waals surface area contributed by atoms with Gasteiger partial charge < -0.3 is 15.8 Å². The van der Waals surface area contributed by atoms with Gasteiger partial charge in [-0.25, -0.2) is 9.97 Å². The standard InChI is InChI=1S/C15H18N4O/c16-12-10-5-3-7-20-14(10)13(12)19-15-17-8-9-4-1-2-6-11(9)18-15/h1-2,4,6,8,10,12-14H,3,5,7,16H2,(H,17,18,19). The van der Waals surface area contributed by atoms with Gasteiger partial charge >= 0.3 is 0 Å². The average molecular weight is 270 g/mol. The van der Waals surface area contributed by atoms with E-state index in [0.717, 1.165) is 23.9 Å². The highest BCUT2D eigenvalue weighted by Crippen LogP contribution is 2.38. The highest BCUT2D eigenvalue weighted by Gasteiger charge is 2.50. The number of nitrogens with two attached hydrogens (primary N) is 1. The molecule has 1 aromatic heterocycles. The van der Waals surface area contributed by atoms with E-state index in [4.69, 9.17) is 10.5 Å². The summed E-state index contributed by atoms with van der Waals surface area (Å²) in [5.74, 6) is 1.12. The van der Waals surface area contributed by atoms with Crippen molar-refractivity contribution in [2.75, 3.05) is 11.9 Å². The lowest BCUT2D eigenvalue weighted by Crippen LogP contribution is -2.69. The van der Waals surface area contributed by atoms with Crippen LogP contribution in [0, 0.1) is 5.92 Å². The Kier molecular flexibility index (Phi) is 2.82. The molecule has 1 aromatic carbocycles. The van der Waals surface area contributed by atoms with E-state index in [0.29, 0.717) is 11.9 Å². The first-order chi connectivity index (χ1) is 9.83. The molecule has 1 aliphatic carbocycles. The van der Waals surface area contributed by atoms with Gasteiger partial charge in [0.1, 0.15) is 0 Å². The Labute approximate surface area is 117 Å². The van der Waals surface area contributed by atoms with E-state index in [9.17, 15) is 0 Å². The quantitative estimate of drug-likeness (QED) is 0.866. The number of aromatic nitrogens is 2. The first-order valence-electron chi connectivity index (χ1n) is 7.18. The molecule has 2 aliphatic rings. The molecular weight excluding hydrogens is 252 g/mol. The molecule has 1 aliphatic heterocycles. The van der Waals surface area contributed by atoms with E-state index < -0.39 is 0 Å². The summed E-state index contributed by atoms with van der Waals surface area (Å²) in [6.07, 6.45) is 4.35. The predicted molar refractivity (Wildman–Crippen MR) is 77.4 cm³/mol. The Balaban J connectivity index is 1.55. The molecule has 1 saturated carbocycles. The number of hydrogen-bond donors (Lipinski definition) is 2. The largest absolute Gasteiger partial charge is 0.376 e. The van der Waals surface area contributed by atoms with Gasteiger partial charge in [0.25, 0.3) is 0 Å². The topological polar surface area (TPSA) is 73.1 Å². The number of ether oxygens (including phenoxy) is 1. The summed E-state index contributed by atoms with van der Waals surface area (Å²) in [4.78, 5) is 8.90. The molecule has 0 bridgehead atoms. The van der Waals surface area contributed by atoms with Crippen molar-refractivity contribution in [2.45, 2.75) is 31.0 Å². The summed E-state index contributed by atoms with van der Waals surface area (Å²) in [6, 6.07) is 8.23. The Morgan fingerprint density at radius 3 is 3.15 bits per heavy atom.